The zero-order valence-electron chi connectivity index (χ0n) is 9.50. The second kappa shape index (κ2) is 8.48. The Morgan fingerprint density at radius 2 is 2.12 bits per heavy atom. The fourth-order valence-corrected chi connectivity index (χ4v) is 1.06. The first-order valence-electron chi connectivity index (χ1n) is 5.18. The van der Waals surface area contributed by atoms with Gasteiger partial charge in [-0.05, 0) is 12.8 Å². The molecule has 0 aliphatic heterocycles. The van der Waals surface area contributed by atoms with Crippen LogP contribution in [0.1, 0.15) is 12.8 Å². The van der Waals surface area contributed by atoms with Gasteiger partial charge in [-0.3, -0.25) is 9.79 Å². The quantitative estimate of drug-likeness (QED) is 0.133. The number of hydrogen-bond donors (Lipinski definition) is 5. The standard InChI is InChI=1S/C9H19N5O3/c10-7(2-1-3-13-9(11)12)8(17)14-6(4-15)5-16/h4,6-7,16H,1-3,5,10H2,(H,14,17)(H4,11,12,13). The van der Waals surface area contributed by atoms with Crippen LogP contribution in [0.2, 0.25) is 0 Å². The molecule has 2 atom stereocenters. The maximum atomic E-state index is 11.4. The van der Waals surface area contributed by atoms with E-state index in [0.29, 0.717) is 25.7 Å². The number of aliphatic imine (C=N–C) groups is 1. The molecule has 0 aromatic carbocycles. The molecule has 0 aromatic rings. The Morgan fingerprint density at radius 1 is 1.47 bits per heavy atom. The van der Waals surface area contributed by atoms with E-state index in [2.05, 4.69) is 10.3 Å². The van der Waals surface area contributed by atoms with Crippen LogP contribution in [-0.2, 0) is 9.59 Å². The van der Waals surface area contributed by atoms with Crippen molar-refractivity contribution in [2.45, 2.75) is 24.9 Å². The fraction of sp³-hybridized carbons (Fsp3) is 0.667. The van der Waals surface area contributed by atoms with Gasteiger partial charge in [0, 0.05) is 6.54 Å². The summed E-state index contributed by atoms with van der Waals surface area (Å²) in [6.07, 6.45) is 1.39. The molecule has 0 saturated carbocycles. The van der Waals surface area contributed by atoms with Crippen molar-refractivity contribution in [1.29, 1.82) is 0 Å². The highest BCUT2D eigenvalue weighted by molar-refractivity contribution is 5.84. The van der Waals surface area contributed by atoms with Crippen molar-refractivity contribution in [3.05, 3.63) is 0 Å². The number of guanidine groups is 1. The molecule has 0 fully saturated rings. The largest absolute Gasteiger partial charge is 0.394 e. The van der Waals surface area contributed by atoms with E-state index in [-0.39, 0.29) is 5.96 Å². The van der Waals surface area contributed by atoms with E-state index in [4.69, 9.17) is 22.3 Å². The average Bonchev–Trinajstić information content (AvgIpc) is 2.30. The molecular weight excluding hydrogens is 226 g/mol. The lowest BCUT2D eigenvalue weighted by Crippen LogP contribution is -2.47. The summed E-state index contributed by atoms with van der Waals surface area (Å²) in [5, 5.41) is 11.0. The summed E-state index contributed by atoms with van der Waals surface area (Å²) in [7, 11) is 0. The molecule has 8 heteroatoms. The number of amides is 1. The normalized spacial score (nSPS) is 13.5. The summed E-state index contributed by atoms with van der Waals surface area (Å²) in [5.74, 6) is -0.495. The summed E-state index contributed by atoms with van der Waals surface area (Å²) in [6.45, 7) is -0.0591. The van der Waals surface area contributed by atoms with Gasteiger partial charge in [-0.2, -0.15) is 0 Å². The number of aliphatic hydroxyl groups excluding tert-OH is 1. The lowest BCUT2D eigenvalue weighted by atomic mass is 10.1. The van der Waals surface area contributed by atoms with E-state index in [1.807, 2.05) is 0 Å². The second-order valence-electron chi connectivity index (χ2n) is 3.49. The van der Waals surface area contributed by atoms with E-state index in [1.54, 1.807) is 0 Å². The summed E-state index contributed by atoms with van der Waals surface area (Å²) in [5.41, 5.74) is 15.8. The first kappa shape index (κ1) is 15.3. The van der Waals surface area contributed by atoms with Crippen LogP contribution in [0, 0.1) is 0 Å². The van der Waals surface area contributed by atoms with Crippen LogP contribution in [0.15, 0.2) is 4.99 Å². The van der Waals surface area contributed by atoms with Gasteiger partial charge in [0.1, 0.15) is 12.3 Å². The van der Waals surface area contributed by atoms with Crippen LogP contribution in [-0.4, -0.2) is 48.5 Å². The number of rotatable bonds is 8. The number of nitrogens with two attached hydrogens (primary N) is 3. The van der Waals surface area contributed by atoms with Crippen molar-refractivity contribution in [1.82, 2.24) is 5.32 Å². The number of nitrogens with one attached hydrogen (secondary N) is 1. The zero-order chi connectivity index (χ0) is 13.3. The summed E-state index contributed by atoms with van der Waals surface area (Å²) < 4.78 is 0. The number of carbonyl (C=O) groups excluding carboxylic acids is 2. The third-order valence-electron chi connectivity index (χ3n) is 1.99. The lowest BCUT2D eigenvalue weighted by Gasteiger charge is -2.14. The van der Waals surface area contributed by atoms with Gasteiger partial charge in [0.15, 0.2) is 5.96 Å². The first-order valence-corrected chi connectivity index (χ1v) is 5.18. The minimum atomic E-state index is -0.911. The highest BCUT2D eigenvalue weighted by atomic mass is 16.3. The van der Waals surface area contributed by atoms with E-state index in [0.717, 1.165) is 0 Å². The summed E-state index contributed by atoms with van der Waals surface area (Å²) in [4.78, 5) is 25.5. The molecule has 8 nitrogen and oxygen atoms in total. The Bertz CT molecular complexity index is 278. The van der Waals surface area contributed by atoms with Crippen LogP contribution in [0.4, 0.5) is 0 Å². The third-order valence-corrected chi connectivity index (χ3v) is 1.99. The topological polar surface area (TPSA) is 157 Å². The summed E-state index contributed by atoms with van der Waals surface area (Å²) in [6, 6.07) is -1.66. The molecule has 0 aliphatic carbocycles. The monoisotopic (exact) mass is 245 g/mol. The molecule has 0 aliphatic rings. The third kappa shape index (κ3) is 7.25. The van der Waals surface area contributed by atoms with E-state index < -0.39 is 24.6 Å². The molecule has 0 heterocycles. The minimum absolute atomic E-state index is 0.00989. The molecule has 0 bridgehead atoms. The van der Waals surface area contributed by atoms with Gasteiger partial charge in [-0.1, -0.05) is 0 Å². The van der Waals surface area contributed by atoms with Crippen molar-refractivity contribution in [3.63, 3.8) is 0 Å². The van der Waals surface area contributed by atoms with Gasteiger partial charge in [0.25, 0.3) is 0 Å². The molecule has 0 radical (unpaired) electrons. The van der Waals surface area contributed by atoms with Gasteiger partial charge in [0.2, 0.25) is 5.91 Å². The number of aldehydes is 1. The molecule has 1 amide bonds. The van der Waals surface area contributed by atoms with Crippen LogP contribution < -0.4 is 22.5 Å². The van der Waals surface area contributed by atoms with Gasteiger partial charge >= 0.3 is 0 Å². The van der Waals surface area contributed by atoms with Crippen LogP contribution >= 0.6 is 0 Å². The predicted molar refractivity (Wildman–Crippen MR) is 63.0 cm³/mol. The zero-order valence-corrected chi connectivity index (χ0v) is 9.50. The van der Waals surface area contributed by atoms with Gasteiger partial charge in [-0.15, -0.1) is 0 Å². The SMILES string of the molecule is NC(N)=NCCCC(N)C(=O)NC(C=O)CO. The Labute approximate surface area is 99.2 Å². The fourth-order valence-electron chi connectivity index (χ4n) is 1.06. The molecule has 0 aromatic heterocycles. The molecular formula is C9H19N5O3. The molecule has 0 spiro atoms. The number of aliphatic hydroxyl groups is 1. The van der Waals surface area contributed by atoms with Gasteiger partial charge in [0.05, 0.1) is 12.6 Å². The van der Waals surface area contributed by atoms with E-state index in [1.165, 1.54) is 0 Å². The molecule has 2 unspecified atom stereocenters. The van der Waals surface area contributed by atoms with E-state index in [9.17, 15) is 9.59 Å². The van der Waals surface area contributed by atoms with Crippen molar-refractivity contribution >= 4 is 18.2 Å². The average molecular weight is 245 g/mol. The number of nitrogens with zero attached hydrogens (tertiary/aromatic N) is 1. The maximum Gasteiger partial charge on any atom is 0.237 e. The highest BCUT2D eigenvalue weighted by Crippen LogP contribution is 1.95. The summed E-state index contributed by atoms with van der Waals surface area (Å²) >= 11 is 0. The number of carbonyl (C=O) groups is 2. The minimum Gasteiger partial charge on any atom is -0.394 e. The molecule has 8 N–H and O–H groups in total. The molecule has 0 saturated heterocycles. The van der Waals surface area contributed by atoms with Crippen molar-refractivity contribution in [2.75, 3.05) is 13.2 Å². The maximum absolute atomic E-state index is 11.4. The van der Waals surface area contributed by atoms with Crippen LogP contribution in [0.25, 0.3) is 0 Å². The van der Waals surface area contributed by atoms with Crippen molar-refractivity contribution < 1.29 is 14.7 Å². The van der Waals surface area contributed by atoms with Gasteiger partial charge in [-0.25, -0.2) is 0 Å². The second-order valence-corrected chi connectivity index (χ2v) is 3.49. The molecule has 98 valence electrons. The smallest absolute Gasteiger partial charge is 0.237 e. The highest BCUT2D eigenvalue weighted by Gasteiger charge is 2.16. The predicted octanol–water partition coefficient (Wildman–Crippen LogP) is -2.96. The first-order chi connectivity index (χ1) is 8.01. The molecule has 17 heavy (non-hydrogen) atoms. The van der Waals surface area contributed by atoms with Gasteiger partial charge < -0.3 is 32.4 Å². The van der Waals surface area contributed by atoms with Crippen molar-refractivity contribution in [3.8, 4) is 0 Å². The molecule has 0 rings (SSSR count). The number of hydrogen-bond acceptors (Lipinski definition) is 5. The van der Waals surface area contributed by atoms with Crippen LogP contribution in [0.3, 0.4) is 0 Å². The lowest BCUT2D eigenvalue weighted by molar-refractivity contribution is -0.125. The Balaban J connectivity index is 3.89. The van der Waals surface area contributed by atoms with Crippen molar-refractivity contribution in [2.24, 2.45) is 22.2 Å². The Hall–Kier alpha value is -1.67. The van der Waals surface area contributed by atoms with E-state index >= 15 is 0 Å². The Kier molecular flexibility index (Phi) is 7.65. The van der Waals surface area contributed by atoms with Crippen LogP contribution in [0.5, 0.6) is 0 Å². The Morgan fingerprint density at radius 3 is 2.59 bits per heavy atom.